The van der Waals surface area contributed by atoms with Crippen LogP contribution >= 0.6 is 0 Å². The highest BCUT2D eigenvalue weighted by Crippen LogP contribution is 2.27. The number of aromatic nitrogens is 2. The highest BCUT2D eigenvalue weighted by atomic mass is 16.5. The molecule has 1 aliphatic rings. The lowest BCUT2D eigenvalue weighted by Crippen LogP contribution is -2.38. The van der Waals surface area contributed by atoms with Gasteiger partial charge in [-0.3, -0.25) is 4.79 Å². The van der Waals surface area contributed by atoms with Crippen molar-refractivity contribution in [1.29, 1.82) is 0 Å². The Morgan fingerprint density at radius 3 is 2.79 bits per heavy atom. The Balaban J connectivity index is 1.79. The Morgan fingerprint density at radius 2 is 2.08 bits per heavy atom. The van der Waals surface area contributed by atoms with Crippen LogP contribution in [0, 0.1) is 12.8 Å². The minimum Gasteiger partial charge on any atom is -0.393 e. The van der Waals surface area contributed by atoms with Gasteiger partial charge in [0.25, 0.3) is 11.8 Å². The van der Waals surface area contributed by atoms with Gasteiger partial charge in [0, 0.05) is 19.5 Å². The van der Waals surface area contributed by atoms with Crippen molar-refractivity contribution in [1.82, 2.24) is 15.0 Å². The SMILES string of the molecule is Cc1noc(-c2ccccc2C(=O)N(C)CC2CCCCC2O)n1. The first-order valence-electron chi connectivity index (χ1n) is 8.39. The molecule has 1 aliphatic carbocycles. The summed E-state index contributed by atoms with van der Waals surface area (Å²) in [6.07, 6.45) is 3.65. The third-order valence-electron chi connectivity index (χ3n) is 4.64. The predicted octanol–water partition coefficient (Wildman–Crippen LogP) is 2.67. The quantitative estimate of drug-likeness (QED) is 0.933. The third kappa shape index (κ3) is 3.48. The molecule has 2 atom stereocenters. The molecule has 1 aromatic heterocycles. The fourth-order valence-corrected chi connectivity index (χ4v) is 3.30. The maximum atomic E-state index is 12.9. The Labute approximate surface area is 141 Å². The molecule has 1 amide bonds. The number of hydrogen-bond donors (Lipinski definition) is 1. The van der Waals surface area contributed by atoms with Gasteiger partial charge < -0.3 is 14.5 Å². The second-order valence-corrected chi connectivity index (χ2v) is 6.49. The maximum absolute atomic E-state index is 12.9. The van der Waals surface area contributed by atoms with Crippen molar-refractivity contribution in [3.8, 4) is 11.5 Å². The van der Waals surface area contributed by atoms with Crippen molar-refractivity contribution in [3.63, 3.8) is 0 Å². The molecule has 0 spiro atoms. The molecule has 3 rings (SSSR count). The fourth-order valence-electron chi connectivity index (χ4n) is 3.30. The molecule has 1 fully saturated rings. The van der Waals surface area contributed by atoms with E-state index >= 15 is 0 Å². The maximum Gasteiger partial charge on any atom is 0.258 e. The fraction of sp³-hybridized carbons (Fsp3) is 0.500. The molecule has 0 aliphatic heterocycles. The van der Waals surface area contributed by atoms with E-state index in [1.165, 1.54) is 0 Å². The van der Waals surface area contributed by atoms with Crippen LogP contribution in [0.25, 0.3) is 11.5 Å². The second-order valence-electron chi connectivity index (χ2n) is 6.49. The van der Waals surface area contributed by atoms with Gasteiger partial charge in [-0.1, -0.05) is 30.1 Å². The number of aliphatic hydroxyl groups excluding tert-OH is 1. The van der Waals surface area contributed by atoms with E-state index in [0.717, 1.165) is 25.7 Å². The molecular weight excluding hydrogens is 306 g/mol. The lowest BCUT2D eigenvalue weighted by molar-refractivity contribution is 0.0451. The number of aryl methyl sites for hydroxylation is 1. The standard InChI is InChI=1S/C18H23N3O3/c1-12-19-17(24-20-12)14-8-4-5-9-15(14)18(23)21(2)11-13-7-3-6-10-16(13)22/h4-5,8-9,13,16,22H,3,6-7,10-11H2,1-2H3. The number of aliphatic hydroxyl groups is 1. The van der Waals surface area contributed by atoms with E-state index < -0.39 is 0 Å². The van der Waals surface area contributed by atoms with Crippen LogP contribution in [-0.2, 0) is 0 Å². The summed E-state index contributed by atoms with van der Waals surface area (Å²) in [6, 6.07) is 7.24. The minimum absolute atomic E-state index is 0.0979. The molecule has 6 nitrogen and oxygen atoms in total. The smallest absolute Gasteiger partial charge is 0.258 e. The van der Waals surface area contributed by atoms with Crippen LogP contribution in [0.3, 0.4) is 0 Å². The van der Waals surface area contributed by atoms with Gasteiger partial charge >= 0.3 is 0 Å². The van der Waals surface area contributed by atoms with Crippen LogP contribution in [0.1, 0.15) is 41.9 Å². The average molecular weight is 329 g/mol. The molecule has 128 valence electrons. The van der Waals surface area contributed by atoms with Gasteiger partial charge in [0.05, 0.1) is 17.2 Å². The molecule has 1 aromatic carbocycles. The van der Waals surface area contributed by atoms with Crippen LogP contribution in [-0.4, -0.2) is 45.8 Å². The Hall–Kier alpha value is -2.21. The van der Waals surface area contributed by atoms with E-state index in [1.54, 1.807) is 24.9 Å². The van der Waals surface area contributed by atoms with E-state index in [9.17, 15) is 9.90 Å². The number of amides is 1. The third-order valence-corrected chi connectivity index (χ3v) is 4.64. The summed E-state index contributed by atoms with van der Waals surface area (Å²) in [5.41, 5.74) is 1.17. The lowest BCUT2D eigenvalue weighted by Gasteiger charge is -2.31. The van der Waals surface area contributed by atoms with Crippen LogP contribution in [0.4, 0.5) is 0 Å². The van der Waals surface area contributed by atoms with Crippen molar-refractivity contribution in [2.24, 2.45) is 5.92 Å². The zero-order valence-corrected chi connectivity index (χ0v) is 14.1. The highest BCUT2D eigenvalue weighted by Gasteiger charge is 2.27. The number of hydrogen-bond acceptors (Lipinski definition) is 5. The molecule has 1 heterocycles. The summed E-state index contributed by atoms with van der Waals surface area (Å²) in [7, 11) is 1.78. The summed E-state index contributed by atoms with van der Waals surface area (Å²) in [6.45, 7) is 2.30. The largest absolute Gasteiger partial charge is 0.393 e. The van der Waals surface area contributed by atoms with E-state index in [0.29, 0.717) is 29.4 Å². The molecule has 0 bridgehead atoms. The zero-order valence-electron chi connectivity index (χ0n) is 14.1. The Kier molecular flexibility index (Phi) is 4.94. The summed E-state index contributed by atoms with van der Waals surface area (Å²) >= 11 is 0. The summed E-state index contributed by atoms with van der Waals surface area (Å²) in [5.74, 6) is 0.929. The van der Waals surface area contributed by atoms with Gasteiger partial charge in [-0.2, -0.15) is 4.98 Å². The number of benzene rings is 1. The molecule has 24 heavy (non-hydrogen) atoms. The minimum atomic E-state index is -0.317. The molecule has 1 saturated carbocycles. The zero-order chi connectivity index (χ0) is 17.1. The summed E-state index contributed by atoms with van der Waals surface area (Å²) in [4.78, 5) is 18.8. The molecule has 1 N–H and O–H groups in total. The molecule has 0 radical (unpaired) electrons. The molecule has 2 unspecified atom stereocenters. The van der Waals surface area contributed by atoms with E-state index in [-0.39, 0.29) is 17.9 Å². The predicted molar refractivity (Wildman–Crippen MR) is 89.4 cm³/mol. The number of rotatable bonds is 4. The van der Waals surface area contributed by atoms with Crippen LogP contribution in [0.15, 0.2) is 28.8 Å². The first-order chi connectivity index (χ1) is 11.6. The first kappa shape index (κ1) is 16.6. The molecule has 2 aromatic rings. The normalized spacial score (nSPS) is 20.8. The Bertz CT molecular complexity index is 713. The van der Waals surface area contributed by atoms with Crippen molar-refractivity contribution in [2.45, 2.75) is 38.7 Å². The first-order valence-corrected chi connectivity index (χ1v) is 8.39. The Morgan fingerprint density at radius 1 is 1.33 bits per heavy atom. The van der Waals surface area contributed by atoms with Gasteiger partial charge in [-0.15, -0.1) is 0 Å². The summed E-state index contributed by atoms with van der Waals surface area (Å²) < 4.78 is 5.22. The topological polar surface area (TPSA) is 79.5 Å². The molecule has 0 saturated heterocycles. The average Bonchev–Trinajstić information content (AvgIpc) is 3.02. The number of nitrogens with zero attached hydrogens (tertiary/aromatic N) is 3. The van der Waals surface area contributed by atoms with Gasteiger partial charge in [-0.05, 0) is 31.9 Å². The van der Waals surface area contributed by atoms with Crippen molar-refractivity contribution >= 4 is 5.91 Å². The molecule has 6 heteroatoms. The van der Waals surface area contributed by atoms with Gasteiger partial charge in [-0.25, -0.2) is 0 Å². The van der Waals surface area contributed by atoms with Crippen LogP contribution in [0.5, 0.6) is 0 Å². The van der Waals surface area contributed by atoms with Crippen molar-refractivity contribution in [3.05, 3.63) is 35.7 Å². The number of carbonyl (C=O) groups excluding carboxylic acids is 1. The lowest BCUT2D eigenvalue weighted by atomic mass is 9.86. The molecular formula is C18H23N3O3. The number of carbonyl (C=O) groups is 1. The van der Waals surface area contributed by atoms with Crippen molar-refractivity contribution < 1.29 is 14.4 Å². The van der Waals surface area contributed by atoms with E-state index in [1.807, 2.05) is 18.2 Å². The monoisotopic (exact) mass is 329 g/mol. The highest BCUT2D eigenvalue weighted by molar-refractivity contribution is 5.99. The van der Waals surface area contributed by atoms with Crippen LogP contribution < -0.4 is 0 Å². The van der Waals surface area contributed by atoms with Crippen molar-refractivity contribution in [2.75, 3.05) is 13.6 Å². The summed E-state index contributed by atoms with van der Waals surface area (Å²) in [5, 5.41) is 13.9. The second kappa shape index (κ2) is 7.13. The van der Waals surface area contributed by atoms with Gasteiger partial charge in [0.15, 0.2) is 5.82 Å². The van der Waals surface area contributed by atoms with E-state index in [2.05, 4.69) is 10.1 Å². The van der Waals surface area contributed by atoms with Crippen LogP contribution in [0.2, 0.25) is 0 Å². The van der Waals surface area contributed by atoms with Gasteiger partial charge in [0.1, 0.15) is 0 Å². The van der Waals surface area contributed by atoms with Gasteiger partial charge in [0.2, 0.25) is 0 Å². The van der Waals surface area contributed by atoms with E-state index in [4.69, 9.17) is 4.52 Å².